The molecule has 1 saturated carbocycles. The van der Waals surface area contributed by atoms with Gasteiger partial charge in [0.1, 0.15) is 5.03 Å². The fourth-order valence-corrected chi connectivity index (χ4v) is 5.10. The van der Waals surface area contributed by atoms with Crippen LogP contribution in [0.3, 0.4) is 0 Å². The van der Waals surface area contributed by atoms with Gasteiger partial charge in [-0.1, -0.05) is 27.2 Å². The van der Waals surface area contributed by atoms with Crippen molar-refractivity contribution in [3.05, 3.63) is 22.8 Å². The smallest absolute Gasteiger partial charge is 0.110 e. The van der Waals surface area contributed by atoms with Crippen LogP contribution in [0.25, 0.3) is 0 Å². The van der Waals surface area contributed by atoms with Crippen molar-refractivity contribution >= 4 is 27.7 Å². The Hall–Kier alpha value is -0.0600. The highest BCUT2D eigenvalue weighted by atomic mass is 79.9. The van der Waals surface area contributed by atoms with Gasteiger partial charge in [-0.25, -0.2) is 4.98 Å². The first-order valence-electron chi connectivity index (χ1n) is 7.95. The molecule has 3 unspecified atom stereocenters. The lowest BCUT2D eigenvalue weighted by molar-refractivity contribution is 0.134. The summed E-state index contributed by atoms with van der Waals surface area (Å²) in [4.78, 5) is 4.52. The summed E-state index contributed by atoms with van der Waals surface area (Å²) in [5.41, 5.74) is 6.46. The lowest BCUT2D eigenvalue weighted by atomic mass is 9.67. The molecule has 1 aliphatic carbocycles. The highest BCUT2D eigenvalue weighted by molar-refractivity contribution is 9.10. The van der Waals surface area contributed by atoms with Crippen molar-refractivity contribution < 1.29 is 0 Å². The van der Waals surface area contributed by atoms with E-state index in [1.165, 1.54) is 25.7 Å². The van der Waals surface area contributed by atoms with Crippen molar-refractivity contribution in [1.82, 2.24) is 4.98 Å². The van der Waals surface area contributed by atoms with Gasteiger partial charge in [0.15, 0.2) is 0 Å². The topological polar surface area (TPSA) is 38.9 Å². The van der Waals surface area contributed by atoms with Crippen LogP contribution in [0.5, 0.6) is 0 Å². The molecule has 118 valence electrons. The first kappa shape index (κ1) is 17.3. The van der Waals surface area contributed by atoms with Gasteiger partial charge in [0.2, 0.25) is 0 Å². The van der Waals surface area contributed by atoms with Gasteiger partial charge in [-0.15, -0.1) is 11.8 Å². The van der Waals surface area contributed by atoms with Gasteiger partial charge in [0, 0.05) is 15.9 Å². The summed E-state index contributed by atoms with van der Waals surface area (Å²) >= 11 is 5.53. The zero-order valence-electron chi connectivity index (χ0n) is 13.3. The number of nitrogens with zero attached hydrogens (tertiary/aromatic N) is 1. The third-order valence-electron chi connectivity index (χ3n) is 5.24. The van der Waals surface area contributed by atoms with Crippen LogP contribution < -0.4 is 5.73 Å². The summed E-state index contributed by atoms with van der Waals surface area (Å²) < 4.78 is 1.10. The minimum atomic E-state index is 0.430. The highest BCUT2D eigenvalue weighted by Crippen LogP contribution is 2.47. The van der Waals surface area contributed by atoms with Crippen molar-refractivity contribution in [3.63, 3.8) is 0 Å². The van der Waals surface area contributed by atoms with Crippen LogP contribution in [0, 0.1) is 17.3 Å². The number of nitrogens with two attached hydrogens (primary N) is 1. The number of aromatic nitrogens is 1. The molecule has 0 bridgehead atoms. The normalized spacial score (nSPS) is 26.8. The second-order valence-corrected chi connectivity index (χ2v) is 8.88. The van der Waals surface area contributed by atoms with Crippen LogP contribution in [-0.2, 0) is 0 Å². The maximum atomic E-state index is 6.03. The Kier molecular flexibility index (Phi) is 6.15. The van der Waals surface area contributed by atoms with E-state index in [2.05, 4.69) is 47.8 Å². The van der Waals surface area contributed by atoms with Gasteiger partial charge in [-0.3, -0.25) is 0 Å². The summed E-state index contributed by atoms with van der Waals surface area (Å²) in [6.07, 6.45) is 6.96. The Balaban J connectivity index is 2.12. The molecule has 0 saturated heterocycles. The third kappa shape index (κ3) is 4.23. The van der Waals surface area contributed by atoms with Gasteiger partial charge in [0.25, 0.3) is 0 Å². The first-order chi connectivity index (χ1) is 9.97. The second kappa shape index (κ2) is 7.47. The third-order valence-corrected chi connectivity index (χ3v) is 7.57. The van der Waals surface area contributed by atoms with E-state index in [0.29, 0.717) is 16.6 Å². The Labute approximate surface area is 141 Å². The number of rotatable bonds is 5. The first-order valence-corrected chi connectivity index (χ1v) is 9.62. The fraction of sp³-hybridized carbons (Fsp3) is 0.706. The monoisotopic (exact) mass is 370 g/mol. The van der Waals surface area contributed by atoms with Gasteiger partial charge >= 0.3 is 0 Å². The van der Waals surface area contributed by atoms with Crippen molar-refractivity contribution in [2.45, 2.75) is 56.7 Å². The Morgan fingerprint density at radius 3 is 2.81 bits per heavy atom. The molecule has 0 amide bonds. The average molecular weight is 371 g/mol. The van der Waals surface area contributed by atoms with Gasteiger partial charge in [-0.2, -0.15) is 0 Å². The Morgan fingerprint density at radius 2 is 2.19 bits per heavy atom. The van der Waals surface area contributed by atoms with Crippen molar-refractivity contribution in [1.29, 1.82) is 0 Å². The second-order valence-electron chi connectivity index (χ2n) is 6.79. The summed E-state index contributed by atoms with van der Waals surface area (Å²) in [5.74, 6) is 1.41. The Morgan fingerprint density at radius 1 is 1.43 bits per heavy atom. The molecule has 2 N–H and O–H groups in total. The maximum absolute atomic E-state index is 6.03. The molecule has 1 fully saturated rings. The quantitative estimate of drug-likeness (QED) is 0.781. The molecule has 1 aliphatic rings. The predicted molar refractivity (Wildman–Crippen MR) is 95.5 cm³/mol. The number of thioether (sulfide) groups is 1. The van der Waals surface area contributed by atoms with Gasteiger partial charge in [-0.05, 0) is 71.1 Å². The molecule has 3 atom stereocenters. The van der Waals surface area contributed by atoms with Crippen LogP contribution in [-0.4, -0.2) is 16.8 Å². The van der Waals surface area contributed by atoms with E-state index in [1.807, 2.05) is 24.0 Å². The summed E-state index contributed by atoms with van der Waals surface area (Å²) in [5, 5.41) is 1.70. The molecule has 1 heterocycles. The molecule has 0 aliphatic heterocycles. The van der Waals surface area contributed by atoms with Crippen LogP contribution >= 0.6 is 27.7 Å². The van der Waals surface area contributed by atoms with Crippen LogP contribution in [0.1, 0.15) is 46.5 Å². The van der Waals surface area contributed by atoms with Gasteiger partial charge in [0.05, 0.1) is 0 Å². The SMILES string of the molecule is CCC(C)(C)C1CCC(CN)C(Sc2ncccc2Br)C1. The molecule has 0 radical (unpaired) electrons. The number of halogens is 1. The molecular formula is C17H27BrN2S. The fourth-order valence-electron chi connectivity index (χ4n) is 3.21. The zero-order chi connectivity index (χ0) is 15.5. The molecule has 2 nitrogen and oxygen atoms in total. The van der Waals surface area contributed by atoms with Gasteiger partial charge < -0.3 is 5.73 Å². The number of hydrogen-bond donors (Lipinski definition) is 1. The standard InChI is InChI=1S/C17H27BrN2S/c1-4-17(2,3)13-8-7-12(11-19)15(10-13)21-16-14(18)6-5-9-20-16/h5-6,9,12-13,15H,4,7-8,10-11,19H2,1-3H3. The van der Waals surface area contributed by atoms with Crippen LogP contribution in [0.2, 0.25) is 0 Å². The van der Waals surface area contributed by atoms with Crippen molar-refractivity contribution in [2.75, 3.05) is 6.54 Å². The highest BCUT2D eigenvalue weighted by Gasteiger charge is 2.37. The molecule has 21 heavy (non-hydrogen) atoms. The average Bonchev–Trinajstić information content (AvgIpc) is 2.49. The molecular weight excluding hydrogens is 344 g/mol. The van der Waals surface area contributed by atoms with Crippen LogP contribution in [0.15, 0.2) is 27.8 Å². The molecule has 0 spiro atoms. The molecule has 1 aromatic rings. The molecule has 2 rings (SSSR count). The van der Waals surface area contributed by atoms with E-state index in [4.69, 9.17) is 5.73 Å². The van der Waals surface area contributed by atoms with E-state index < -0.39 is 0 Å². The number of pyridine rings is 1. The summed E-state index contributed by atoms with van der Waals surface area (Å²) in [6, 6.07) is 4.04. The minimum absolute atomic E-state index is 0.430. The zero-order valence-corrected chi connectivity index (χ0v) is 15.7. The summed E-state index contributed by atoms with van der Waals surface area (Å²) in [6.45, 7) is 7.94. The van der Waals surface area contributed by atoms with E-state index in [1.54, 1.807) is 0 Å². The Bertz CT molecular complexity index is 464. The van der Waals surface area contributed by atoms with Crippen LogP contribution in [0.4, 0.5) is 0 Å². The largest absolute Gasteiger partial charge is 0.330 e. The molecule has 4 heteroatoms. The lowest BCUT2D eigenvalue weighted by Crippen LogP contribution is -2.37. The van der Waals surface area contributed by atoms with E-state index >= 15 is 0 Å². The van der Waals surface area contributed by atoms with Crippen molar-refractivity contribution in [2.24, 2.45) is 23.0 Å². The van der Waals surface area contributed by atoms with E-state index in [0.717, 1.165) is 22.0 Å². The maximum Gasteiger partial charge on any atom is 0.110 e. The molecule has 1 aromatic heterocycles. The minimum Gasteiger partial charge on any atom is -0.330 e. The number of hydrogen-bond acceptors (Lipinski definition) is 3. The van der Waals surface area contributed by atoms with E-state index in [-0.39, 0.29) is 0 Å². The lowest BCUT2D eigenvalue weighted by Gasteiger charge is -2.42. The predicted octanol–water partition coefficient (Wildman–Crippen LogP) is 5.12. The van der Waals surface area contributed by atoms with Crippen molar-refractivity contribution in [3.8, 4) is 0 Å². The summed E-state index contributed by atoms with van der Waals surface area (Å²) in [7, 11) is 0. The molecule has 0 aromatic carbocycles. The van der Waals surface area contributed by atoms with E-state index in [9.17, 15) is 0 Å².